The van der Waals surface area contributed by atoms with E-state index in [9.17, 15) is 9.59 Å². The second-order valence-corrected chi connectivity index (χ2v) is 3.50. The number of anilines is 1. The molecule has 3 N–H and O–H groups in total. The Morgan fingerprint density at radius 1 is 1.69 bits per heavy atom. The summed E-state index contributed by atoms with van der Waals surface area (Å²) in [5.74, 6) is -1.11. The first kappa shape index (κ1) is 12.2. The van der Waals surface area contributed by atoms with Crippen LogP contribution in [0.3, 0.4) is 0 Å². The average Bonchev–Trinajstić information content (AvgIpc) is 2.63. The fourth-order valence-corrected chi connectivity index (χ4v) is 1.11. The van der Waals surface area contributed by atoms with Crippen LogP contribution in [0.5, 0.6) is 0 Å². The number of nitrogens with two attached hydrogens (primary N) is 1. The second kappa shape index (κ2) is 4.75. The molecule has 1 rings (SSSR count). The Hall–Kier alpha value is -1.89. The van der Waals surface area contributed by atoms with Crippen LogP contribution in [0.15, 0.2) is 12.5 Å². The van der Waals surface area contributed by atoms with Crippen molar-refractivity contribution in [1.29, 1.82) is 0 Å². The SMILES string of the molecule is CN(C(=O)C[C@H](N)C(=O)O)c1cn(C)cn1. The molecule has 0 aromatic carbocycles. The summed E-state index contributed by atoms with van der Waals surface area (Å²) in [7, 11) is 3.30. The lowest BCUT2D eigenvalue weighted by atomic mass is 10.2. The Kier molecular flexibility index (Phi) is 3.62. The molecule has 0 aliphatic heterocycles. The van der Waals surface area contributed by atoms with E-state index < -0.39 is 12.0 Å². The summed E-state index contributed by atoms with van der Waals surface area (Å²) < 4.78 is 1.69. The van der Waals surface area contributed by atoms with Crippen molar-refractivity contribution in [3.63, 3.8) is 0 Å². The number of aryl methyl sites for hydroxylation is 1. The summed E-state index contributed by atoms with van der Waals surface area (Å²) in [6.07, 6.45) is 2.96. The molecule has 7 heteroatoms. The smallest absolute Gasteiger partial charge is 0.321 e. The van der Waals surface area contributed by atoms with Gasteiger partial charge in [0.1, 0.15) is 6.04 Å². The van der Waals surface area contributed by atoms with Gasteiger partial charge in [-0.15, -0.1) is 0 Å². The number of carboxylic acid groups (broad SMARTS) is 1. The first-order valence-corrected chi connectivity index (χ1v) is 4.64. The van der Waals surface area contributed by atoms with Crippen LogP contribution in [0.1, 0.15) is 6.42 Å². The number of aliphatic carboxylic acids is 1. The lowest BCUT2D eigenvalue weighted by Gasteiger charge is -2.15. The van der Waals surface area contributed by atoms with Crippen molar-refractivity contribution >= 4 is 17.7 Å². The predicted molar refractivity (Wildman–Crippen MR) is 56.8 cm³/mol. The number of amides is 1. The van der Waals surface area contributed by atoms with Gasteiger partial charge >= 0.3 is 5.97 Å². The molecule has 0 saturated heterocycles. The first-order valence-electron chi connectivity index (χ1n) is 4.64. The number of rotatable bonds is 4. The Morgan fingerprint density at radius 2 is 2.31 bits per heavy atom. The predicted octanol–water partition coefficient (Wildman–Crippen LogP) is -0.815. The average molecular weight is 226 g/mol. The summed E-state index contributed by atoms with van der Waals surface area (Å²) in [4.78, 5) is 27.3. The number of aromatic nitrogens is 2. The molecule has 0 bridgehead atoms. The minimum Gasteiger partial charge on any atom is -0.480 e. The van der Waals surface area contributed by atoms with Crippen molar-refractivity contribution in [2.75, 3.05) is 11.9 Å². The molecule has 0 unspecified atom stereocenters. The molecule has 0 aliphatic carbocycles. The van der Waals surface area contributed by atoms with Crippen LogP contribution in [0, 0.1) is 0 Å². The molecule has 1 atom stereocenters. The molecule has 0 radical (unpaired) electrons. The highest BCUT2D eigenvalue weighted by atomic mass is 16.4. The summed E-state index contributed by atoms with van der Waals surface area (Å²) >= 11 is 0. The first-order chi connectivity index (χ1) is 7.41. The van der Waals surface area contributed by atoms with Crippen molar-refractivity contribution in [3.8, 4) is 0 Å². The van der Waals surface area contributed by atoms with Crippen molar-refractivity contribution in [2.45, 2.75) is 12.5 Å². The number of carbonyl (C=O) groups is 2. The van der Waals surface area contributed by atoms with E-state index in [1.807, 2.05) is 0 Å². The fourth-order valence-electron chi connectivity index (χ4n) is 1.11. The number of nitrogens with zero attached hydrogens (tertiary/aromatic N) is 3. The van der Waals surface area contributed by atoms with E-state index in [-0.39, 0.29) is 12.3 Å². The molecule has 0 spiro atoms. The number of imidazole rings is 1. The number of carbonyl (C=O) groups excluding carboxylic acids is 1. The van der Waals surface area contributed by atoms with Gasteiger partial charge in [-0.2, -0.15) is 0 Å². The van der Waals surface area contributed by atoms with Gasteiger partial charge < -0.3 is 15.4 Å². The van der Waals surface area contributed by atoms with Crippen LogP contribution in [0.25, 0.3) is 0 Å². The zero-order chi connectivity index (χ0) is 12.3. The largest absolute Gasteiger partial charge is 0.480 e. The topological polar surface area (TPSA) is 101 Å². The Balaban J connectivity index is 2.64. The minimum atomic E-state index is -1.19. The van der Waals surface area contributed by atoms with Crippen molar-refractivity contribution < 1.29 is 14.7 Å². The van der Waals surface area contributed by atoms with Gasteiger partial charge in [0.15, 0.2) is 5.82 Å². The summed E-state index contributed by atoms with van der Waals surface area (Å²) in [6.45, 7) is 0. The van der Waals surface area contributed by atoms with E-state index in [2.05, 4.69) is 4.98 Å². The maximum absolute atomic E-state index is 11.6. The maximum atomic E-state index is 11.6. The van der Waals surface area contributed by atoms with E-state index in [4.69, 9.17) is 10.8 Å². The maximum Gasteiger partial charge on any atom is 0.321 e. The van der Waals surface area contributed by atoms with Gasteiger partial charge in [-0.05, 0) is 0 Å². The van der Waals surface area contributed by atoms with E-state index in [1.165, 1.54) is 11.9 Å². The summed E-state index contributed by atoms with van der Waals surface area (Å²) in [5, 5.41) is 8.57. The highest BCUT2D eigenvalue weighted by Gasteiger charge is 2.20. The molecule has 0 saturated carbocycles. The molecule has 16 heavy (non-hydrogen) atoms. The third kappa shape index (κ3) is 2.80. The molecule has 0 aliphatic rings. The van der Waals surface area contributed by atoms with Gasteiger partial charge in [-0.3, -0.25) is 14.5 Å². The van der Waals surface area contributed by atoms with E-state index in [0.717, 1.165) is 0 Å². The lowest BCUT2D eigenvalue weighted by Crippen LogP contribution is -2.38. The number of hydrogen-bond acceptors (Lipinski definition) is 4. The molecule has 1 aromatic heterocycles. The molecule has 88 valence electrons. The molecule has 7 nitrogen and oxygen atoms in total. The van der Waals surface area contributed by atoms with Crippen LogP contribution in [-0.4, -0.2) is 39.6 Å². The monoisotopic (exact) mass is 226 g/mol. The Morgan fingerprint density at radius 3 is 2.75 bits per heavy atom. The normalized spacial score (nSPS) is 12.2. The van der Waals surface area contributed by atoms with Gasteiger partial charge in [-0.1, -0.05) is 0 Å². The van der Waals surface area contributed by atoms with Crippen LogP contribution >= 0.6 is 0 Å². The Labute approximate surface area is 92.5 Å². The van der Waals surface area contributed by atoms with Gasteiger partial charge in [0.05, 0.1) is 12.7 Å². The number of carboxylic acids is 1. The van der Waals surface area contributed by atoms with Crippen molar-refractivity contribution in [1.82, 2.24) is 9.55 Å². The van der Waals surface area contributed by atoms with Crippen LogP contribution < -0.4 is 10.6 Å². The van der Waals surface area contributed by atoms with Gasteiger partial charge in [-0.25, -0.2) is 4.98 Å². The zero-order valence-corrected chi connectivity index (χ0v) is 9.12. The minimum absolute atomic E-state index is 0.248. The van der Waals surface area contributed by atoms with Gasteiger partial charge in [0.25, 0.3) is 0 Å². The third-order valence-electron chi connectivity index (χ3n) is 2.12. The third-order valence-corrected chi connectivity index (χ3v) is 2.12. The molecule has 1 aromatic rings. The van der Waals surface area contributed by atoms with Crippen LogP contribution in [0.2, 0.25) is 0 Å². The van der Waals surface area contributed by atoms with Crippen molar-refractivity contribution in [2.24, 2.45) is 12.8 Å². The quantitative estimate of drug-likeness (QED) is 0.698. The highest BCUT2D eigenvalue weighted by Crippen LogP contribution is 2.09. The summed E-state index contributed by atoms with van der Waals surface area (Å²) in [5.41, 5.74) is 5.27. The molecular weight excluding hydrogens is 212 g/mol. The molecule has 1 heterocycles. The zero-order valence-electron chi connectivity index (χ0n) is 9.12. The fraction of sp³-hybridized carbons (Fsp3) is 0.444. The molecule has 1 amide bonds. The highest BCUT2D eigenvalue weighted by molar-refractivity contribution is 5.94. The lowest BCUT2D eigenvalue weighted by molar-refractivity contribution is -0.140. The van der Waals surface area contributed by atoms with E-state index in [0.29, 0.717) is 5.82 Å². The van der Waals surface area contributed by atoms with Gasteiger partial charge in [0, 0.05) is 20.3 Å². The van der Waals surface area contributed by atoms with E-state index >= 15 is 0 Å². The van der Waals surface area contributed by atoms with Crippen LogP contribution in [-0.2, 0) is 16.6 Å². The standard InChI is InChI=1S/C9H14N4O3/c1-12-4-7(11-5-12)13(2)8(14)3-6(10)9(15)16/h4-6H,3,10H2,1-2H3,(H,15,16)/t6-/m0/s1. The Bertz CT molecular complexity index is 401. The van der Waals surface area contributed by atoms with Crippen molar-refractivity contribution in [3.05, 3.63) is 12.5 Å². The van der Waals surface area contributed by atoms with Crippen LogP contribution in [0.4, 0.5) is 5.82 Å². The van der Waals surface area contributed by atoms with Gasteiger partial charge in [0.2, 0.25) is 5.91 Å². The number of hydrogen-bond donors (Lipinski definition) is 2. The molecule has 0 fully saturated rings. The van der Waals surface area contributed by atoms with E-state index in [1.54, 1.807) is 24.1 Å². The summed E-state index contributed by atoms with van der Waals surface area (Å²) in [6, 6.07) is -1.18. The second-order valence-electron chi connectivity index (χ2n) is 3.50. The molecular formula is C9H14N4O3.